The van der Waals surface area contributed by atoms with Crippen LogP contribution in [0, 0.1) is 0 Å². The van der Waals surface area contributed by atoms with Gasteiger partial charge < -0.3 is 10.5 Å². The molecule has 1 aromatic carbocycles. The van der Waals surface area contributed by atoms with Gasteiger partial charge in [0.25, 0.3) is 0 Å². The molecule has 1 fully saturated rings. The van der Waals surface area contributed by atoms with Gasteiger partial charge in [-0.25, -0.2) is 0 Å². The van der Waals surface area contributed by atoms with E-state index in [4.69, 9.17) is 10.5 Å². The van der Waals surface area contributed by atoms with Crippen molar-refractivity contribution in [2.45, 2.75) is 12.3 Å². The second-order valence-corrected chi connectivity index (χ2v) is 5.02. The van der Waals surface area contributed by atoms with E-state index in [1.54, 1.807) is 0 Å². The summed E-state index contributed by atoms with van der Waals surface area (Å²) in [4.78, 5) is 2.45. The van der Waals surface area contributed by atoms with Crippen LogP contribution in [0.25, 0.3) is 0 Å². The van der Waals surface area contributed by atoms with Crippen LogP contribution in [0.4, 0.5) is 0 Å². The topological polar surface area (TPSA) is 38.5 Å². The molecule has 1 aliphatic rings. The van der Waals surface area contributed by atoms with Crippen LogP contribution < -0.4 is 5.73 Å². The Balaban J connectivity index is 2.08. The maximum absolute atomic E-state index is 6.00. The lowest BCUT2D eigenvalue weighted by atomic mass is 9.82. The molecule has 0 saturated carbocycles. The van der Waals surface area contributed by atoms with Crippen molar-refractivity contribution < 1.29 is 4.74 Å². The smallest absolute Gasteiger partial charge is 0.0594 e. The van der Waals surface area contributed by atoms with Crippen molar-refractivity contribution in [1.82, 2.24) is 4.90 Å². The number of hydrogen-bond acceptors (Lipinski definition) is 3. The third-order valence-corrected chi connectivity index (χ3v) is 3.60. The van der Waals surface area contributed by atoms with Crippen LogP contribution in [0.2, 0.25) is 0 Å². The number of hydrogen-bond donors (Lipinski definition) is 1. The summed E-state index contributed by atoms with van der Waals surface area (Å²) in [5.41, 5.74) is 7.37. The molecule has 0 amide bonds. The predicted octanol–water partition coefficient (Wildman–Crippen LogP) is 1.24. The fraction of sp³-hybridized carbons (Fsp3) is 0.571. The summed E-state index contributed by atoms with van der Waals surface area (Å²) in [7, 11) is 0. The van der Waals surface area contributed by atoms with E-state index in [0.717, 1.165) is 32.8 Å². The van der Waals surface area contributed by atoms with Crippen molar-refractivity contribution in [2.24, 2.45) is 5.73 Å². The zero-order valence-corrected chi connectivity index (χ0v) is 10.6. The Bertz CT molecular complexity index is 335. The fourth-order valence-electron chi connectivity index (χ4n) is 2.37. The molecule has 3 heteroatoms. The summed E-state index contributed by atoms with van der Waals surface area (Å²) < 4.78 is 5.38. The standard InChI is InChI=1S/C14H22N2O/c1-14(11-15,13-5-3-2-4-6-13)12-16-7-9-17-10-8-16/h2-6H,7-12,15H2,1H3. The van der Waals surface area contributed by atoms with Crippen LogP contribution in [-0.4, -0.2) is 44.3 Å². The summed E-state index contributed by atoms with van der Waals surface area (Å²) in [6.07, 6.45) is 0. The highest BCUT2D eigenvalue weighted by Gasteiger charge is 2.28. The monoisotopic (exact) mass is 234 g/mol. The van der Waals surface area contributed by atoms with E-state index >= 15 is 0 Å². The average Bonchev–Trinajstić information content (AvgIpc) is 2.41. The van der Waals surface area contributed by atoms with E-state index in [1.165, 1.54) is 5.56 Å². The zero-order chi connectivity index (χ0) is 12.1. The van der Waals surface area contributed by atoms with Gasteiger partial charge in [0.2, 0.25) is 0 Å². The lowest BCUT2D eigenvalue weighted by Crippen LogP contribution is -2.47. The molecule has 94 valence electrons. The first kappa shape index (κ1) is 12.6. The van der Waals surface area contributed by atoms with Gasteiger partial charge in [-0.05, 0) is 5.56 Å². The van der Waals surface area contributed by atoms with Crippen LogP contribution in [-0.2, 0) is 10.2 Å². The zero-order valence-electron chi connectivity index (χ0n) is 10.6. The van der Waals surface area contributed by atoms with Crippen LogP contribution >= 0.6 is 0 Å². The van der Waals surface area contributed by atoms with Crippen molar-refractivity contribution in [1.29, 1.82) is 0 Å². The number of morpholine rings is 1. The second-order valence-electron chi connectivity index (χ2n) is 5.02. The quantitative estimate of drug-likeness (QED) is 0.851. The largest absolute Gasteiger partial charge is 0.379 e. The van der Waals surface area contributed by atoms with Gasteiger partial charge in [-0.2, -0.15) is 0 Å². The maximum Gasteiger partial charge on any atom is 0.0594 e. The van der Waals surface area contributed by atoms with Gasteiger partial charge in [-0.15, -0.1) is 0 Å². The minimum Gasteiger partial charge on any atom is -0.379 e. The first-order valence-electron chi connectivity index (χ1n) is 6.30. The van der Waals surface area contributed by atoms with Gasteiger partial charge in [-0.1, -0.05) is 37.3 Å². The van der Waals surface area contributed by atoms with Gasteiger partial charge in [0.05, 0.1) is 13.2 Å². The van der Waals surface area contributed by atoms with Gasteiger partial charge in [-0.3, -0.25) is 4.90 Å². The normalized spacial score (nSPS) is 21.1. The summed E-state index contributed by atoms with van der Waals surface area (Å²) in [6, 6.07) is 10.6. The molecule has 1 aliphatic heterocycles. The van der Waals surface area contributed by atoms with Gasteiger partial charge in [0.15, 0.2) is 0 Å². The Kier molecular flexibility index (Phi) is 4.15. The molecule has 3 nitrogen and oxygen atoms in total. The number of benzene rings is 1. The summed E-state index contributed by atoms with van der Waals surface area (Å²) in [5.74, 6) is 0. The van der Waals surface area contributed by atoms with Crippen LogP contribution in [0.1, 0.15) is 12.5 Å². The van der Waals surface area contributed by atoms with E-state index in [-0.39, 0.29) is 5.41 Å². The Morgan fingerprint density at radius 3 is 2.47 bits per heavy atom. The molecule has 2 rings (SSSR count). The van der Waals surface area contributed by atoms with E-state index in [9.17, 15) is 0 Å². The van der Waals surface area contributed by atoms with Gasteiger partial charge in [0.1, 0.15) is 0 Å². The Morgan fingerprint density at radius 1 is 1.24 bits per heavy atom. The first-order chi connectivity index (χ1) is 8.24. The maximum atomic E-state index is 6.00. The van der Waals surface area contributed by atoms with Crippen molar-refractivity contribution >= 4 is 0 Å². The SMILES string of the molecule is CC(CN)(CN1CCOCC1)c1ccccc1. The number of nitrogens with zero attached hydrogens (tertiary/aromatic N) is 1. The molecular weight excluding hydrogens is 212 g/mol. The molecule has 0 spiro atoms. The Morgan fingerprint density at radius 2 is 1.88 bits per heavy atom. The lowest BCUT2D eigenvalue weighted by Gasteiger charge is -2.36. The molecule has 1 aromatic rings. The van der Waals surface area contributed by atoms with Crippen molar-refractivity contribution in [3.63, 3.8) is 0 Å². The highest BCUT2D eigenvalue weighted by molar-refractivity contribution is 5.25. The van der Waals surface area contributed by atoms with Gasteiger partial charge >= 0.3 is 0 Å². The van der Waals surface area contributed by atoms with Crippen LogP contribution in [0.15, 0.2) is 30.3 Å². The lowest BCUT2D eigenvalue weighted by molar-refractivity contribution is 0.0288. The van der Waals surface area contributed by atoms with Crippen LogP contribution in [0.3, 0.4) is 0 Å². The first-order valence-corrected chi connectivity index (χ1v) is 6.30. The molecule has 0 aromatic heterocycles. The Hall–Kier alpha value is -0.900. The number of nitrogens with two attached hydrogens (primary N) is 1. The van der Waals surface area contributed by atoms with E-state index in [0.29, 0.717) is 6.54 Å². The van der Waals surface area contributed by atoms with E-state index in [2.05, 4.69) is 42.2 Å². The number of ether oxygens (including phenoxy) is 1. The van der Waals surface area contributed by atoms with Crippen LogP contribution in [0.5, 0.6) is 0 Å². The summed E-state index contributed by atoms with van der Waals surface area (Å²) in [6.45, 7) is 7.65. The third-order valence-electron chi connectivity index (χ3n) is 3.60. The molecule has 0 bridgehead atoms. The summed E-state index contributed by atoms with van der Waals surface area (Å²) in [5, 5.41) is 0. The predicted molar refractivity (Wildman–Crippen MR) is 70.1 cm³/mol. The Labute approximate surface area is 104 Å². The molecule has 17 heavy (non-hydrogen) atoms. The van der Waals surface area contributed by atoms with Crippen molar-refractivity contribution in [3.8, 4) is 0 Å². The molecule has 2 N–H and O–H groups in total. The molecule has 1 saturated heterocycles. The fourth-order valence-corrected chi connectivity index (χ4v) is 2.37. The van der Waals surface area contributed by atoms with Crippen molar-refractivity contribution in [3.05, 3.63) is 35.9 Å². The summed E-state index contributed by atoms with van der Waals surface area (Å²) >= 11 is 0. The minimum atomic E-state index is 0.0403. The molecule has 1 atom stereocenters. The highest BCUT2D eigenvalue weighted by Crippen LogP contribution is 2.24. The van der Waals surface area contributed by atoms with E-state index in [1.807, 2.05) is 0 Å². The number of rotatable bonds is 4. The molecule has 1 heterocycles. The minimum absolute atomic E-state index is 0.0403. The molecule has 1 unspecified atom stereocenters. The molecule has 0 radical (unpaired) electrons. The third kappa shape index (κ3) is 3.06. The molecular formula is C14H22N2O. The van der Waals surface area contributed by atoms with Crippen molar-refractivity contribution in [2.75, 3.05) is 39.4 Å². The second kappa shape index (κ2) is 5.63. The van der Waals surface area contributed by atoms with Gasteiger partial charge in [0, 0.05) is 31.6 Å². The molecule has 0 aliphatic carbocycles. The average molecular weight is 234 g/mol. The highest BCUT2D eigenvalue weighted by atomic mass is 16.5. The van der Waals surface area contributed by atoms with E-state index < -0.39 is 0 Å².